The first-order chi connectivity index (χ1) is 15.0. The van der Waals surface area contributed by atoms with Crippen molar-refractivity contribution >= 4 is 15.9 Å². The van der Waals surface area contributed by atoms with E-state index in [1.165, 1.54) is 10.4 Å². The Bertz CT molecular complexity index is 1130. The van der Waals surface area contributed by atoms with Gasteiger partial charge in [0.15, 0.2) is 5.76 Å². The van der Waals surface area contributed by atoms with E-state index in [2.05, 4.69) is 15.5 Å². The van der Waals surface area contributed by atoms with Crippen LogP contribution in [0.3, 0.4) is 0 Å². The molecule has 0 aliphatic carbocycles. The molecule has 4 rings (SSSR count). The van der Waals surface area contributed by atoms with Crippen molar-refractivity contribution in [2.24, 2.45) is 5.92 Å². The standard InChI is InChI=1S/C21H24N4O5S/c1-29-17-4-2-3-15(13-17)14-22-21(26)16-8-11-25(12-9-16)31(27,28)20-6-5-19(30-20)18-7-10-23-24-18/h2-7,10,13,16H,8-9,11-12,14H2,1H3,(H,22,26)(H,23,24). The van der Waals surface area contributed by atoms with Crippen LogP contribution in [-0.4, -0.2) is 49.0 Å². The predicted molar refractivity (Wildman–Crippen MR) is 113 cm³/mol. The van der Waals surface area contributed by atoms with Gasteiger partial charge in [-0.3, -0.25) is 9.89 Å². The third kappa shape index (κ3) is 4.64. The number of aromatic amines is 1. The van der Waals surface area contributed by atoms with Gasteiger partial charge in [-0.25, -0.2) is 8.42 Å². The first kappa shape index (κ1) is 21.1. The quantitative estimate of drug-likeness (QED) is 0.578. The van der Waals surface area contributed by atoms with Crippen molar-refractivity contribution in [2.45, 2.75) is 24.5 Å². The molecule has 0 spiro atoms. The summed E-state index contributed by atoms with van der Waals surface area (Å²) < 4.78 is 37.9. The highest BCUT2D eigenvalue weighted by Gasteiger charge is 2.34. The average molecular weight is 445 g/mol. The Hall–Kier alpha value is -3.11. The lowest BCUT2D eigenvalue weighted by atomic mass is 9.97. The van der Waals surface area contributed by atoms with E-state index in [4.69, 9.17) is 9.15 Å². The number of ether oxygens (including phenoxy) is 1. The molecule has 0 radical (unpaired) electrons. The number of hydrogen-bond donors (Lipinski definition) is 2. The van der Waals surface area contributed by atoms with Gasteiger partial charge in [-0.2, -0.15) is 9.40 Å². The number of furan rings is 1. The largest absolute Gasteiger partial charge is 0.497 e. The van der Waals surface area contributed by atoms with E-state index in [0.717, 1.165) is 11.3 Å². The van der Waals surface area contributed by atoms with E-state index < -0.39 is 10.0 Å². The van der Waals surface area contributed by atoms with Crippen LogP contribution in [0.4, 0.5) is 0 Å². The van der Waals surface area contributed by atoms with E-state index in [1.807, 2.05) is 24.3 Å². The van der Waals surface area contributed by atoms with Gasteiger partial charge in [-0.1, -0.05) is 12.1 Å². The second kappa shape index (κ2) is 8.94. The number of sulfonamides is 1. The van der Waals surface area contributed by atoms with Crippen LogP contribution in [-0.2, 0) is 21.4 Å². The molecule has 0 saturated carbocycles. The molecule has 3 aromatic rings. The highest BCUT2D eigenvalue weighted by molar-refractivity contribution is 7.89. The molecule has 164 valence electrons. The fraction of sp³-hybridized carbons (Fsp3) is 0.333. The van der Waals surface area contributed by atoms with Crippen LogP contribution in [0.1, 0.15) is 18.4 Å². The SMILES string of the molecule is COc1cccc(CNC(=O)C2CCN(S(=O)(=O)c3ccc(-c4ccn[nH]4)o3)CC2)c1. The fourth-order valence-corrected chi connectivity index (χ4v) is 4.98. The summed E-state index contributed by atoms with van der Waals surface area (Å²) >= 11 is 0. The molecule has 3 heterocycles. The molecule has 1 aliphatic rings. The topological polar surface area (TPSA) is 118 Å². The molecule has 2 N–H and O–H groups in total. The Labute approximate surface area is 180 Å². The van der Waals surface area contributed by atoms with Crippen molar-refractivity contribution < 1.29 is 22.4 Å². The van der Waals surface area contributed by atoms with Gasteiger partial charge in [-0.05, 0) is 48.7 Å². The molecule has 1 saturated heterocycles. The first-order valence-electron chi connectivity index (χ1n) is 9.98. The van der Waals surface area contributed by atoms with E-state index in [1.54, 1.807) is 25.4 Å². The van der Waals surface area contributed by atoms with Crippen molar-refractivity contribution in [3.05, 3.63) is 54.2 Å². The Kier molecular flexibility index (Phi) is 6.10. The van der Waals surface area contributed by atoms with Crippen molar-refractivity contribution in [1.82, 2.24) is 19.8 Å². The molecule has 9 nitrogen and oxygen atoms in total. The third-order valence-corrected chi connectivity index (χ3v) is 7.14. The molecular formula is C21H24N4O5S. The van der Waals surface area contributed by atoms with Crippen LogP contribution < -0.4 is 10.1 Å². The van der Waals surface area contributed by atoms with E-state index in [0.29, 0.717) is 30.8 Å². The number of methoxy groups -OCH3 is 1. The lowest BCUT2D eigenvalue weighted by Gasteiger charge is -2.29. The van der Waals surface area contributed by atoms with Gasteiger partial charge in [0.1, 0.15) is 11.4 Å². The fourth-order valence-electron chi connectivity index (χ4n) is 3.60. The third-order valence-electron chi connectivity index (χ3n) is 5.37. The zero-order valence-corrected chi connectivity index (χ0v) is 17.9. The van der Waals surface area contributed by atoms with Crippen molar-refractivity contribution in [3.8, 4) is 17.2 Å². The van der Waals surface area contributed by atoms with E-state index in [9.17, 15) is 13.2 Å². The van der Waals surface area contributed by atoms with Crippen LogP contribution in [0, 0.1) is 5.92 Å². The second-order valence-electron chi connectivity index (χ2n) is 7.34. The number of carbonyl (C=O) groups is 1. The highest BCUT2D eigenvalue weighted by atomic mass is 32.2. The van der Waals surface area contributed by atoms with Crippen molar-refractivity contribution in [2.75, 3.05) is 20.2 Å². The van der Waals surface area contributed by atoms with Crippen LogP contribution in [0.5, 0.6) is 5.75 Å². The molecule has 0 bridgehead atoms. The van der Waals surface area contributed by atoms with Crippen molar-refractivity contribution in [1.29, 1.82) is 0 Å². The summed E-state index contributed by atoms with van der Waals surface area (Å²) in [5, 5.41) is 9.40. The number of piperidine rings is 1. The average Bonchev–Trinajstić information content (AvgIpc) is 3.50. The first-order valence-corrected chi connectivity index (χ1v) is 11.4. The Balaban J connectivity index is 1.33. The zero-order valence-electron chi connectivity index (χ0n) is 17.1. The molecule has 0 atom stereocenters. The van der Waals surface area contributed by atoms with Crippen molar-refractivity contribution in [3.63, 3.8) is 0 Å². The normalized spacial score (nSPS) is 15.6. The molecule has 1 aromatic carbocycles. The lowest BCUT2D eigenvalue weighted by Crippen LogP contribution is -2.42. The molecule has 2 aromatic heterocycles. The van der Waals surface area contributed by atoms with Gasteiger partial charge in [0.25, 0.3) is 10.0 Å². The summed E-state index contributed by atoms with van der Waals surface area (Å²) in [5.74, 6) is 0.843. The maximum absolute atomic E-state index is 12.9. The zero-order chi connectivity index (χ0) is 21.8. The van der Waals surface area contributed by atoms with Crippen LogP contribution in [0.15, 0.2) is 58.2 Å². The van der Waals surface area contributed by atoms with Gasteiger partial charge >= 0.3 is 0 Å². The van der Waals surface area contributed by atoms with Crippen LogP contribution in [0.2, 0.25) is 0 Å². The van der Waals surface area contributed by atoms with Gasteiger partial charge in [-0.15, -0.1) is 0 Å². The maximum Gasteiger partial charge on any atom is 0.276 e. The summed E-state index contributed by atoms with van der Waals surface area (Å²) in [5.41, 5.74) is 1.55. The van der Waals surface area contributed by atoms with Crippen LogP contribution in [0.25, 0.3) is 11.5 Å². The number of nitrogens with one attached hydrogen (secondary N) is 2. The predicted octanol–water partition coefficient (Wildman–Crippen LogP) is 2.40. The highest BCUT2D eigenvalue weighted by Crippen LogP contribution is 2.28. The lowest BCUT2D eigenvalue weighted by molar-refractivity contribution is -0.126. The summed E-state index contributed by atoms with van der Waals surface area (Å²) in [4.78, 5) is 12.5. The molecule has 1 aliphatic heterocycles. The molecular weight excluding hydrogens is 420 g/mol. The number of rotatable bonds is 7. The molecule has 1 amide bonds. The van der Waals surface area contributed by atoms with Crippen LogP contribution >= 0.6 is 0 Å². The Morgan fingerprint density at radius 2 is 2.06 bits per heavy atom. The summed E-state index contributed by atoms with van der Waals surface area (Å²) in [6.45, 7) is 0.927. The van der Waals surface area contributed by atoms with Gasteiger partial charge in [0, 0.05) is 31.7 Å². The second-order valence-corrected chi connectivity index (χ2v) is 9.21. The van der Waals surface area contributed by atoms with Gasteiger partial charge in [0.2, 0.25) is 11.0 Å². The minimum Gasteiger partial charge on any atom is -0.497 e. The number of nitrogens with zero attached hydrogens (tertiary/aromatic N) is 2. The number of aromatic nitrogens is 2. The Morgan fingerprint density at radius 1 is 1.26 bits per heavy atom. The smallest absolute Gasteiger partial charge is 0.276 e. The number of carbonyl (C=O) groups excluding carboxylic acids is 1. The number of hydrogen-bond acceptors (Lipinski definition) is 6. The minimum atomic E-state index is -3.76. The van der Waals surface area contributed by atoms with Gasteiger partial charge < -0.3 is 14.5 Å². The molecule has 10 heteroatoms. The molecule has 31 heavy (non-hydrogen) atoms. The van der Waals surface area contributed by atoms with Gasteiger partial charge in [0.05, 0.1) is 7.11 Å². The number of amides is 1. The number of H-pyrrole nitrogens is 1. The molecule has 0 unspecified atom stereocenters. The summed E-state index contributed by atoms with van der Waals surface area (Å²) in [6.07, 6.45) is 2.48. The minimum absolute atomic E-state index is 0.0700. The summed E-state index contributed by atoms with van der Waals surface area (Å²) in [6, 6.07) is 12.2. The molecule has 1 fully saturated rings. The monoisotopic (exact) mass is 444 g/mol. The van der Waals surface area contributed by atoms with E-state index >= 15 is 0 Å². The van der Waals surface area contributed by atoms with E-state index in [-0.39, 0.29) is 30.0 Å². The Morgan fingerprint density at radius 3 is 2.77 bits per heavy atom. The number of benzene rings is 1. The summed E-state index contributed by atoms with van der Waals surface area (Å²) in [7, 11) is -2.16. The maximum atomic E-state index is 12.9.